The number of H-pyrrole nitrogens is 1. The summed E-state index contributed by atoms with van der Waals surface area (Å²) < 4.78 is 0. The molecule has 0 aliphatic carbocycles. The number of amides is 2. The van der Waals surface area contributed by atoms with Crippen molar-refractivity contribution in [3.63, 3.8) is 0 Å². The Bertz CT molecular complexity index is 1110. The number of carbonyl (C=O) groups is 2. The topological polar surface area (TPSA) is 82.3 Å². The van der Waals surface area contributed by atoms with Crippen LogP contribution in [0.3, 0.4) is 0 Å². The molecular weight excluding hydrogens is 390 g/mol. The molecule has 0 radical (unpaired) electrons. The fourth-order valence-electron chi connectivity index (χ4n) is 3.76. The average Bonchev–Trinajstić information content (AvgIpc) is 2.83. The van der Waals surface area contributed by atoms with E-state index in [4.69, 9.17) is 0 Å². The zero-order valence-corrected chi connectivity index (χ0v) is 17.3. The molecule has 3 aromatic rings. The third kappa shape index (κ3) is 4.91. The summed E-state index contributed by atoms with van der Waals surface area (Å²) in [5, 5.41) is 2.77. The molecule has 2 aromatic carbocycles. The lowest BCUT2D eigenvalue weighted by Gasteiger charge is -2.26. The van der Waals surface area contributed by atoms with Crippen molar-refractivity contribution in [1.82, 2.24) is 15.2 Å². The second-order valence-corrected chi connectivity index (χ2v) is 7.71. The van der Waals surface area contributed by atoms with Gasteiger partial charge in [0.25, 0.3) is 17.4 Å². The number of carbonyl (C=O) groups excluding carboxylic acids is 2. The van der Waals surface area contributed by atoms with Gasteiger partial charge in [0.1, 0.15) is 5.56 Å². The Kier molecular flexibility index (Phi) is 6.26. The van der Waals surface area contributed by atoms with Gasteiger partial charge in [-0.1, -0.05) is 42.5 Å². The molecule has 1 aliphatic heterocycles. The van der Waals surface area contributed by atoms with Crippen molar-refractivity contribution < 1.29 is 9.59 Å². The van der Waals surface area contributed by atoms with E-state index in [0.717, 1.165) is 37.1 Å². The van der Waals surface area contributed by atoms with Crippen LogP contribution in [-0.4, -0.2) is 34.8 Å². The van der Waals surface area contributed by atoms with Gasteiger partial charge in [0.05, 0.1) is 0 Å². The molecule has 1 aliphatic rings. The van der Waals surface area contributed by atoms with Gasteiger partial charge in [0.2, 0.25) is 0 Å². The average molecular weight is 415 g/mol. The van der Waals surface area contributed by atoms with Crippen LogP contribution in [0, 0.1) is 0 Å². The normalized spacial score (nSPS) is 13.6. The van der Waals surface area contributed by atoms with Gasteiger partial charge in [0.15, 0.2) is 0 Å². The highest BCUT2D eigenvalue weighted by atomic mass is 16.2. The molecule has 0 spiro atoms. The maximum absolute atomic E-state index is 12.5. The predicted octanol–water partition coefficient (Wildman–Crippen LogP) is 3.60. The number of piperidine rings is 1. The van der Waals surface area contributed by atoms with Gasteiger partial charge in [-0.2, -0.15) is 0 Å². The highest BCUT2D eigenvalue weighted by Crippen LogP contribution is 2.15. The number of nitrogens with zero attached hydrogens (tertiary/aromatic N) is 1. The van der Waals surface area contributed by atoms with E-state index in [2.05, 4.69) is 10.3 Å². The Labute approximate surface area is 180 Å². The second-order valence-electron chi connectivity index (χ2n) is 7.71. The molecule has 2 heterocycles. The molecule has 2 N–H and O–H groups in total. The Balaban J connectivity index is 1.37. The SMILES string of the molecule is O=C(NCc1ccc(C(=O)N2CCCCC2)cc1)c1ccc(-c2ccccc2)[nH]c1=O. The van der Waals surface area contributed by atoms with Gasteiger partial charge in [-0.25, -0.2) is 0 Å². The molecular formula is C25H25N3O3. The molecule has 1 fully saturated rings. The fourth-order valence-corrected chi connectivity index (χ4v) is 3.76. The Morgan fingerprint density at radius 1 is 0.871 bits per heavy atom. The lowest BCUT2D eigenvalue weighted by molar-refractivity contribution is 0.0724. The molecule has 0 bridgehead atoms. The second kappa shape index (κ2) is 9.43. The van der Waals surface area contributed by atoms with Gasteiger partial charge in [-0.05, 0) is 54.7 Å². The Morgan fingerprint density at radius 3 is 2.26 bits per heavy atom. The van der Waals surface area contributed by atoms with Gasteiger partial charge in [-0.15, -0.1) is 0 Å². The van der Waals surface area contributed by atoms with Gasteiger partial charge in [-0.3, -0.25) is 14.4 Å². The molecule has 1 aromatic heterocycles. The smallest absolute Gasteiger partial charge is 0.261 e. The van der Waals surface area contributed by atoms with Crippen molar-refractivity contribution in [3.8, 4) is 11.3 Å². The minimum atomic E-state index is -0.436. The first-order chi connectivity index (χ1) is 15.1. The number of pyridine rings is 1. The van der Waals surface area contributed by atoms with Crippen LogP contribution in [0.5, 0.6) is 0 Å². The van der Waals surface area contributed by atoms with Crippen molar-refractivity contribution in [2.45, 2.75) is 25.8 Å². The number of nitrogens with one attached hydrogen (secondary N) is 2. The molecule has 158 valence electrons. The van der Waals surface area contributed by atoms with E-state index < -0.39 is 11.5 Å². The van der Waals surface area contributed by atoms with Crippen LogP contribution in [0.2, 0.25) is 0 Å². The summed E-state index contributed by atoms with van der Waals surface area (Å²) in [7, 11) is 0. The van der Waals surface area contributed by atoms with Crippen molar-refractivity contribution >= 4 is 11.8 Å². The monoisotopic (exact) mass is 415 g/mol. The van der Waals surface area contributed by atoms with E-state index in [1.54, 1.807) is 18.2 Å². The third-order valence-corrected chi connectivity index (χ3v) is 5.54. The zero-order chi connectivity index (χ0) is 21.6. The molecule has 6 heteroatoms. The minimum absolute atomic E-state index is 0.0559. The fraction of sp³-hybridized carbons (Fsp3) is 0.240. The number of benzene rings is 2. The minimum Gasteiger partial charge on any atom is -0.348 e. The Hall–Kier alpha value is -3.67. The van der Waals surface area contributed by atoms with E-state index in [0.29, 0.717) is 11.3 Å². The van der Waals surface area contributed by atoms with Crippen LogP contribution in [0.25, 0.3) is 11.3 Å². The summed E-state index contributed by atoms with van der Waals surface area (Å²) in [4.78, 5) is 42.1. The summed E-state index contributed by atoms with van der Waals surface area (Å²) >= 11 is 0. The van der Waals surface area contributed by atoms with E-state index in [9.17, 15) is 14.4 Å². The first-order valence-electron chi connectivity index (χ1n) is 10.6. The lowest BCUT2D eigenvalue weighted by Crippen LogP contribution is -2.35. The van der Waals surface area contributed by atoms with Crippen molar-refractivity contribution in [2.24, 2.45) is 0 Å². The molecule has 0 atom stereocenters. The summed E-state index contributed by atoms with van der Waals surface area (Å²) in [5.41, 5.74) is 2.70. The van der Waals surface area contributed by atoms with E-state index in [1.165, 1.54) is 12.5 Å². The largest absolute Gasteiger partial charge is 0.348 e. The quantitative estimate of drug-likeness (QED) is 0.668. The van der Waals surface area contributed by atoms with Crippen LogP contribution in [0.15, 0.2) is 71.5 Å². The van der Waals surface area contributed by atoms with Crippen LogP contribution in [0.4, 0.5) is 0 Å². The number of aromatic amines is 1. The first kappa shape index (κ1) is 20.6. The van der Waals surface area contributed by atoms with Crippen LogP contribution >= 0.6 is 0 Å². The lowest BCUT2D eigenvalue weighted by atomic mass is 10.1. The predicted molar refractivity (Wildman–Crippen MR) is 120 cm³/mol. The molecule has 4 rings (SSSR count). The number of hydrogen-bond acceptors (Lipinski definition) is 3. The number of rotatable bonds is 5. The summed E-state index contributed by atoms with van der Waals surface area (Å²) in [5.74, 6) is -0.380. The highest BCUT2D eigenvalue weighted by Gasteiger charge is 2.18. The van der Waals surface area contributed by atoms with Crippen LogP contribution in [0.1, 0.15) is 45.5 Å². The maximum Gasteiger partial charge on any atom is 0.261 e. The van der Waals surface area contributed by atoms with Gasteiger partial charge in [0, 0.05) is 30.9 Å². The molecule has 31 heavy (non-hydrogen) atoms. The molecule has 1 saturated heterocycles. The van der Waals surface area contributed by atoms with Crippen molar-refractivity contribution in [1.29, 1.82) is 0 Å². The van der Waals surface area contributed by atoms with E-state index in [1.807, 2.05) is 47.4 Å². The summed E-state index contributed by atoms with van der Waals surface area (Å²) in [6, 6.07) is 20.0. The van der Waals surface area contributed by atoms with Crippen molar-refractivity contribution in [2.75, 3.05) is 13.1 Å². The van der Waals surface area contributed by atoms with Crippen molar-refractivity contribution in [3.05, 3.63) is 93.8 Å². The third-order valence-electron chi connectivity index (χ3n) is 5.54. The maximum atomic E-state index is 12.5. The van der Waals surface area contributed by atoms with E-state index in [-0.39, 0.29) is 18.0 Å². The highest BCUT2D eigenvalue weighted by molar-refractivity contribution is 5.95. The van der Waals surface area contributed by atoms with Crippen LogP contribution < -0.4 is 10.9 Å². The van der Waals surface area contributed by atoms with Crippen LogP contribution in [-0.2, 0) is 6.54 Å². The molecule has 0 saturated carbocycles. The number of hydrogen-bond donors (Lipinski definition) is 2. The zero-order valence-electron chi connectivity index (χ0n) is 17.3. The summed E-state index contributed by atoms with van der Waals surface area (Å²) in [6.07, 6.45) is 3.29. The number of aromatic nitrogens is 1. The first-order valence-corrected chi connectivity index (χ1v) is 10.6. The van der Waals surface area contributed by atoms with Gasteiger partial charge < -0.3 is 15.2 Å². The molecule has 2 amide bonds. The Morgan fingerprint density at radius 2 is 1.58 bits per heavy atom. The van der Waals surface area contributed by atoms with Gasteiger partial charge >= 0.3 is 0 Å². The number of likely N-dealkylation sites (tertiary alicyclic amines) is 1. The standard InChI is InChI=1S/C25H25N3O3/c29-23(21-13-14-22(27-24(21)30)19-7-3-1-4-8-19)26-17-18-9-11-20(12-10-18)25(31)28-15-5-2-6-16-28/h1,3-4,7-14H,2,5-6,15-17H2,(H,26,29)(H,27,30). The molecule has 0 unspecified atom stereocenters. The molecule has 6 nitrogen and oxygen atoms in total. The van der Waals surface area contributed by atoms with E-state index >= 15 is 0 Å². The summed E-state index contributed by atoms with van der Waals surface area (Å²) in [6.45, 7) is 1.90.